The maximum atomic E-state index is 12.6. The van der Waals surface area contributed by atoms with Crippen molar-refractivity contribution in [3.05, 3.63) is 80.0 Å². The first-order valence-electron chi connectivity index (χ1n) is 9.97. The monoisotopic (exact) mass is 548 g/mol. The highest BCUT2D eigenvalue weighted by atomic mass is 79.9. The molecule has 2 aromatic carbocycles. The van der Waals surface area contributed by atoms with Crippen molar-refractivity contribution >= 4 is 62.1 Å². The molecule has 1 aromatic heterocycles. The van der Waals surface area contributed by atoms with E-state index in [4.69, 9.17) is 28.2 Å². The number of nitrogens with zero attached hydrogens (tertiary/aromatic N) is 3. The number of rotatable bonds is 4. The average molecular weight is 550 g/mol. The maximum Gasteiger partial charge on any atom is 0.294 e. The zero-order valence-corrected chi connectivity index (χ0v) is 20.3. The predicted octanol–water partition coefficient (Wildman–Crippen LogP) is 5.11. The van der Waals surface area contributed by atoms with E-state index in [9.17, 15) is 14.9 Å². The van der Waals surface area contributed by atoms with Gasteiger partial charge in [-0.15, -0.1) is 0 Å². The second-order valence-electron chi connectivity index (χ2n) is 7.27. The summed E-state index contributed by atoms with van der Waals surface area (Å²) in [7, 11) is 0. The molecule has 1 fully saturated rings. The molecule has 33 heavy (non-hydrogen) atoms. The summed E-state index contributed by atoms with van der Waals surface area (Å²) in [6, 6.07) is 15.5. The molecule has 0 radical (unpaired) electrons. The van der Waals surface area contributed by atoms with Crippen molar-refractivity contribution < 1.29 is 14.1 Å². The highest BCUT2D eigenvalue weighted by Gasteiger charge is 2.27. The molecule has 1 amide bonds. The summed E-state index contributed by atoms with van der Waals surface area (Å²) in [6.07, 6.45) is 0. The second-order valence-corrected chi connectivity index (χ2v) is 8.98. The van der Waals surface area contributed by atoms with Crippen LogP contribution < -0.4 is 10.2 Å². The van der Waals surface area contributed by atoms with Crippen LogP contribution in [0.3, 0.4) is 0 Å². The normalized spacial score (nSPS) is 13.6. The number of thiocarbonyl (C=S) groups is 1. The van der Waals surface area contributed by atoms with E-state index >= 15 is 0 Å². The largest absolute Gasteiger partial charge is 0.451 e. The standard InChI is InChI=1S/C22H18BrClN4O4S/c23-15-6-4-14(5-7-15)18-8-9-19(32-18)21(29)25-22(33)27-12-10-26(11-13-27)20-16(24)2-1-3-17(20)28(30)31/h1-9H,10-13H2,(H,25,29,33). The maximum absolute atomic E-state index is 12.6. The fraction of sp³-hybridized carbons (Fsp3) is 0.182. The second kappa shape index (κ2) is 9.90. The summed E-state index contributed by atoms with van der Waals surface area (Å²) in [4.78, 5) is 27.3. The highest BCUT2D eigenvalue weighted by molar-refractivity contribution is 9.10. The Kier molecular flexibility index (Phi) is 6.96. The topological polar surface area (TPSA) is 91.9 Å². The summed E-state index contributed by atoms with van der Waals surface area (Å²) >= 11 is 15.0. The summed E-state index contributed by atoms with van der Waals surface area (Å²) in [6.45, 7) is 1.89. The number of hydrogen-bond acceptors (Lipinski definition) is 6. The van der Waals surface area contributed by atoms with Crippen LogP contribution in [0.15, 0.2) is 63.5 Å². The molecule has 1 N–H and O–H groups in total. The number of carbonyl (C=O) groups excluding carboxylic acids is 1. The predicted molar refractivity (Wildman–Crippen MR) is 134 cm³/mol. The van der Waals surface area contributed by atoms with Gasteiger partial charge in [0, 0.05) is 42.3 Å². The molecule has 11 heteroatoms. The lowest BCUT2D eigenvalue weighted by molar-refractivity contribution is -0.384. The van der Waals surface area contributed by atoms with Gasteiger partial charge in [-0.05, 0) is 42.5 Å². The average Bonchev–Trinajstić information content (AvgIpc) is 3.30. The molecule has 0 spiro atoms. The lowest BCUT2D eigenvalue weighted by Crippen LogP contribution is -2.52. The Balaban J connectivity index is 1.37. The van der Waals surface area contributed by atoms with Gasteiger partial charge in [0.25, 0.3) is 11.6 Å². The fourth-order valence-electron chi connectivity index (χ4n) is 3.56. The number of furan rings is 1. The van der Waals surface area contributed by atoms with Crippen molar-refractivity contribution in [2.75, 3.05) is 31.1 Å². The van der Waals surface area contributed by atoms with E-state index in [1.165, 1.54) is 6.07 Å². The first-order chi connectivity index (χ1) is 15.8. The fourth-order valence-corrected chi connectivity index (χ4v) is 4.39. The first kappa shape index (κ1) is 23.2. The van der Waals surface area contributed by atoms with Crippen molar-refractivity contribution in [1.29, 1.82) is 0 Å². The SMILES string of the molecule is O=C(NC(=S)N1CCN(c2c(Cl)cccc2[N+](=O)[O-])CC1)c1ccc(-c2ccc(Br)cc2)o1. The van der Waals surface area contributed by atoms with Crippen LogP contribution in [0.1, 0.15) is 10.6 Å². The van der Waals surface area contributed by atoms with Crippen LogP contribution in [0, 0.1) is 10.1 Å². The van der Waals surface area contributed by atoms with E-state index in [2.05, 4.69) is 21.2 Å². The molecule has 2 heterocycles. The lowest BCUT2D eigenvalue weighted by atomic mass is 10.2. The third-order valence-corrected chi connectivity index (χ3v) is 6.42. The number of carbonyl (C=O) groups is 1. The molecule has 170 valence electrons. The molecule has 3 aromatic rings. The van der Waals surface area contributed by atoms with Crippen LogP contribution in [0.2, 0.25) is 5.02 Å². The van der Waals surface area contributed by atoms with Gasteiger partial charge in [0.05, 0.1) is 9.95 Å². The summed E-state index contributed by atoms with van der Waals surface area (Å²) in [5.74, 6) is 0.293. The Morgan fingerprint density at radius 3 is 2.45 bits per heavy atom. The number of anilines is 1. The summed E-state index contributed by atoms with van der Waals surface area (Å²) in [5.41, 5.74) is 1.21. The van der Waals surface area contributed by atoms with Gasteiger partial charge in [0.2, 0.25) is 0 Å². The number of nitrogens with one attached hydrogen (secondary N) is 1. The van der Waals surface area contributed by atoms with Gasteiger partial charge in [-0.3, -0.25) is 20.2 Å². The van der Waals surface area contributed by atoms with Crippen molar-refractivity contribution in [1.82, 2.24) is 10.2 Å². The van der Waals surface area contributed by atoms with E-state index in [1.54, 1.807) is 24.3 Å². The van der Waals surface area contributed by atoms with E-state index in [0.29, 0.717) is 42.6 Å². The zero-order chi connectivity index (χ0) is 23.5. The molecular formula is C22H18BrClN4O4S. The lowest BCUT2D eigenvalue weighted by Gasteiger charge is -2.37. The number of para-hydroxylation sites is 1. The molecule has 0 saturated carbocycles. The zero-order valence-electron chi connectivity index (χ0n) is 17.2. The molecule has 1 aliphatic rings. The Bertz CT molecular complexity index is 1210. The molecule has 0 bridgehead atoms. The number of halogens is 2. The number of hydrogen-bond donors (Lipinski definition) is 1. The first-order valence-corrected chi connectivity index (χ1v) is 11.6. The van der Waals surface area contributed by atoms with Crippen LogP contribution in [0.25, 0.3) is 11.3 Å². The van der Waals surface area contributed by atoms with Gasteiger partial charge >= 0.3 is 0 Å². The van der Waals surface area contributed by atoms with Crippen LogP contribution in [0.4, 0.5) is 11.4 Å². The van der Waals surface area contributed by atoms with E-state index < -0.39 is 10.8 Å². The van der Waals surface area contributed by atoms with E-state index in [1.807, 2.05) is 34.1 Å². The van der Waals surface area contributed by atoms with Crippen molar-refractivity contribution in [3.8, 4) is 11.3 Å². The molecule has 1 saturated heterocycles. The smallest absolute Gasteiger partial charge is 0.294 e. The van der Waals surface area contributed by atoms with Gasteiger partial charge in [0.15, 0.2) is 10.9 Å². The summed E-state index contributed by atoms with van der Waals surface area (Å²) in [5, 5.41) is 14.7. The van der Waals surface area contributed by atoms with Gasteiger partial charge in [0.1, 0.15) is 11.4 Å². The highest BCUT2D eigenvalue weighted by Crippen LogP contribution is 2.35. The number of piperazine rings is 1. The Morgan fingerprint density at radius 1 is 1.09 bits per heavy atom. The van der Waals surface area contributed by atoms with Gasteiger partial charge < -0.3 is 14.2 Å². The molecule has 0 unspecified atom stereocenters. The summed E-state index contributed by atoms with van der Waals surface area (Å²) < 4.78 is 6.64. The molecule has 0 aliphatic carbocycles. The van der Waals surface area contributed by atoms with Gasteiger partial charge in [-0.1, -0.05) is 45.7 Å². The van der Waals surface area contributed by atoms with Crippen LogP contribution in [0.5, 0.6) is 0 Å². The number of amides is 1. The number of nitro benzene ring substituents is 1. The Morgan fingerprint density at radius 2 is 1.79 bits per heavy atom. The Hall–Kier alpha value is -2.95. The van der Waals surface area contributed by atoms with Crippen LogP contribution in [-0.4, -0.2) is 47.0 Å². The van der Waals surface area contributed by atoms with Gasteiger partial charge in [-0.25, -0.2) is 0 Å². The minimum atomic E-state index is -0.440. The van der Waals surface area contributed by atoms with E-state index in [0.717, 1.165) is 10.0 Å². The minimum absolute atomic E-state index is 0.0359. The number of nitro groups is 1. The molecule has 0 atom stereocenters. The molecule has 8 nitrogen and oxygen atoms in total. The van der Waals surface area contributed by atoms with Crippen molar-refractivity contribution in [2.24, 2.45) is 0 Å². The Labute approximate surface area is 208 Å². The van der Waals surface area contributed by atoms with Crippen molar-refractivity contribution in [2.45, 2.75) is 0 Å². The number of benzene rings is 2. The quantitative estimate of drug-likeness (QED) is 0.275. The minimum Gasteiger partial charge on any atom is -0.451 e. The van der Waals surface area contributed by atoms with Crippen LogP contribution >= 0.6 is 39.7 Å². The van der Waals surface area contributed by atoms with E-state index in [-0.39, 0.29) is 16.6 Å². The van der Waals surface area contributed by atoms with Crippen molar-refractivity contribution in [3.63, 3.8) is 0 Å². The third-order valence-electron chi connectivity index (χ3n) is 5.22. The van der Waals surface area contributed by atoms with Crippen LogP contribution in [-0.2, 0) is 0 Å². The third kappa shape index (κ3) is 5.18. The molecule has 4 rings (SSSR count). The molecule has 1 aliphatic heterocycles. The molecular weight excluding hydrogens is 532 g/mol. The van der Waals surface area contributed by atoms with Gasteiger partial charge in [-0.2, -0.15) is 0 Å².